The lowest BCUT2D eigenvalue weighted by Gasteiger charge is -2.07. The van der Waals surface area contributed by atoms with Crippen molar-refractivity contribution in [1.82, 2.24) is 4.98 Å². The monoisotopic (exact) mass is 434 g/mol. The number of nitrogens with zero attached hydrogens (tertiary/aromatic N) is 1. The number of thiazole rings is 1. The predicted octanol–water partition coefficient (Wildman–Crippen LogP) is 4.00. The highest BCUT2D eigenvalue weighted by Gasteiger charge is 2.19. The Morgan fingerprint density at radius 3 is 2.61 bits per heavy atom. The maximum Gasteiger partial charge on any atom is 0.339 e. The Morgan fingerprint density at radius 2 is 1.89 bits per heavy atom. The first-order valence-electron chi connectivity index (χ1n) is 8.05. The van der Waals surface area contributed by atoms with Crippen LogP contribution in [0.15, 0.2) is 58.8 Å². The third-order valence-corrected chi connectivity index (χ3v) is 6.07. The van der Waals surface area contributed by atoms with Gasteiger partial charge in [-0.1, -0.05) is 35.9 Å². The minimum Gasteiger partial charge on any atom is -0.465 e. The summed E-state index contributed by atoms with van der Waals surface area (Å²) in [6, 6.07) is 13.5. The lowest BCUT2D eigenvalue weighted by molar-refractivity contribution is -0.113. The van der Waals surface area contributed by atoms with Crippen molar-refractivity contribution in [3.63, 3.8) is 0 Å². The SMILES string of the molecule is COC(=O)c1ccccc1[S@@](=O)CC(=O)Nc1nc(-c2ccc(Cl)cc2)cs1. The number of hydrogen-bond donors (Lipinski definition) is 1. The van der Waals surface area contributed by atoms with Gasteiger partial charge in [0.05, 0.1) is 34.1 Å². The van der Waals surface area contributed by atoms with Crippen molar-refractivity contribution < 1.29 is 18.5 Å². The maximum atomic E-state index is 12.6. The molecule has 0 bridgehead atoms. The largest absolute Gasteiger partial charge is 0.465 e. The minimum absolute atomic E-state index is 0.176. The molecule has 1 atom stereocenters. The molecule has 144 valence electrons. The lowest BCUT2D eigenvalue weighted by Crippen LogP contribution is -2.20. The minimum atomic E-state index is -1.70. The molecule has 0 aliphatic heterocycles. The third-order valence-electron chi connectivity index (χ3n) is 3.69. The fourth-order valence-corrected chi connectivity index (χ4v) is 4.33. The molecule has 3 aromatic rings. The van der Waals surface area contributed by atoms with E-state index in [9.17, 15) is 13.8 Å². The van der Waals surface area contributed by atoms with Gasteiger partial charge in [0.2, 0.25) is 5.91 Å². The molecule has 0 aliphatic carbocycles. The number of carbonyl (C=O) groups is 2. The number of hydrogen-bond acceptors (Lipinski definition) is 6. The van der Waals surface area contributed by atoms with Gasteiger partial charge in [-0.05, 0) is 24.3 Å². The van der Waals surface area contributed by atoms with E-state index in [0.717, 1.165) is 5.56 Å². The fraction of sp³-hybridized carbons (Fsp3) is 0.105. The zero-order valence-corrected chi connectivity index (χ0v) is 17.1. The number of aromatic nitrogens is 1. The molecule has 0 unspecified atom stereocenters. The molecule has 1 aromatic heterocycles. The van der Waals surface area contributed by atoms with Crippen LogP contribution in [0, 0.1) is 0 Å². The number of nitrogens with one attached hydrogen (secondary N) is 1. The fourth-order valence-electron chi connectivity index (χ4n) is 2.38. The summed E-state index contributed by atoms with van der Waals surface area (Å²) in [5.41, 5.74) is 1.75. The van der Waals surface area contributed by atoms with Gasteiger partial charge >= 0.3 is 5.97 Å². The second kappa shape index (κ2) is 9.09. The summed E-state index contributed by atoms with van der Waals surface area (Å²) in [5, 5.41) is 5.47. The number of amides is 1. The van der Waals surface area contributed by atoms with Crippen molar-refractivity contribution in [3.8, 4) is 11.3 Å². The molecule has 0 saturated carbocycles. The number of benzene rings is 2. The Morgan fingerprint density at radius 1 is 1.18 bits per heavy atom. The molecular formula is C19H15ClN2O4S2. The van der Waals surface area contributed by atoms with Gasteiger partial charge in [-0.3, -0.25) is 9.00 Å². The first kappa shape index (κ1) is 20.2. The molecule has 0 fully saturated rings. The third kappa shape index (κ3) is 4.83. The van der Waals surface area contributed by atoms with Gasteiger partial charge in [-0.2, -0.15) is 0 Å². The van der Waals surface area contributed by atoms with E-state index >= 15 is 0 Å². The van der Waals surface area contributed by atoms with Crippen LogP contribution in [-0.2, 0) is 20.3 Å². The lowest BCUT2D eigenvalue weighted by atomic mass is 10.2. The Labute approximate surface area is 173 Å². The van der Waals surface area contributed by atoms with Crippen molar-refractivity contribution in [2.75, 3.05) is 18.2 Å². The number of anilines is 1. The van der Waals surface area contributed by atoms with Crippen LogP contribution in [0.25, 0.3) is 11.3 Å². The van der Waals surface area contributed by atoms with E-state index in [1.165, 1.54) is 30.6 Å². The molecule has 1 amide bonds. The van der Waals surface area contributed by atoms with Crippen LogP contribution >= 0.6 is 22.9 Å². The van der Waals surface area contributed by atoms with Crippen molar-refractivity contribution in [2.45, 2.75) is 4.90 Å². The average Bonchev–Trinajstić information content (AvgIpc) is 3.16. The number of methoxy groups -OCH3 is 1. The van der Waals surface area contributed by atoms with Crippen LogP contribution in [0.3, 0.4) is 0 Å². The highest BCUT2D eigenvalue weighted by atomic mass is 35.5. The standard InChI is InChI=1S/C19H15ClN2O4S2/c1-26-18(24)14-4-2-3-5-16(14)28(25)11-17(23)22-19-21-15(10-27-19)12-6-8-13(20)9-7-12/h2-10H,11H2,1H3,(H,21,22,23)/t28-/m0/s1. The first-order valence-corrected chi connectivity index (χ1v) is 10.6. The van der Waals surface area contributed by atoms with Crippen molar-refractivity contribution >= 4 is 50.7 Å². The van der Waals surface area contributed by atoms with Gasteiger partial charge in [0, 0.05) is 16.0 Å². The smallest absolute Gasteiger partial charge is 0.339 e. The van der Waals surface area contributed by atoms with Gasteiger partial charge in [-0.15, -0.1) is 11.3 Å². The van der Waals surface area contributed by atoms with Crippen LogP contribution in [0.1, 0.15) is 10.4 Å². The van der Waals surface area contributed by atoms with Crippen molar-refractivity contribution in [3.05, 3.63) is 64.5 Å². The second-order valence-corrected chi connectivity index (χ2v) is 8.28. The van der Waals surface area contributed by atoms with Crippen LogP contribution in [0.5, 0.6) is 0 Å². The molecule has 0 radical (unpaired) electrons. The van der Waals surface area contributed by atoms with Crippen LogP contribution < -0.4 is 5.32 Å². The zero-order valence-electron chi connectivity index (χ0n) is 14.7. The summed E-state index contributed by atoms with van der Waals surface area (Å²) in [6.07, 6.45) is 0. The van der Waals surface area contributed by atoms with Gasteiger partial charge in [0.1, 0.15) is 5.75 Å². The Hall–Kier alpha value is -2.55. The van der Waals surface area contributed by atoms with Crippen molar-refractivity contribution in [2.24, 2.45) is 0 Å². The second-order valence-electron chi connectivity index (χ2n) is 5.57. The number of esters is 1. The normalized spacial score (nSPS) is 11.6. The summed E-state index contributed by atoms with van der Waals surface area (Å²) < 4.78 is 17.2. The number of carbonyl (C=O) groups excluding carboxylic acids is 2. The number of rotatable bonds is 6. The maximum absolute atomic E-state index is 12.6. The van der Waals surface area contributed by atoms with E-state index in [0.29, 0.717) is 15.8 Å². The average molecular weight is 435 g/mol. The van der Waals surface area contributed by atoms with E-state index in [2.05, 4.69) is 15.0 Å². The van der Waals surface area contributed by atoms with Crippen LogP contribution in [0.4, 0.5) is 5.13 Å². The summed E-state index contributed by atoms with van der Waals surface area (Å²) in [6.45, 7) is 0. The van der Waals surface area contributed by atoms with Gasteiger partial charge in [-0.25, -0.2) is 9.78 Å². The molecule has 1 N–H and O–H groups in total. The van der Waals surface area contributed by atoms with Crippen molar-refractivity contribution in [1.29, 1.82) is 0 Å². The first-order chi connectivity index (χ1) is 13.5. The molecule has 2 aromatic carbocycles. The molecule has 9 heteroatoms. The summed E-state index contributed by atoms with van der Waals surface area (Å²) in [4.78, 5) is 28.7. The van der Waals surface area contributed by atoms with Crippen LogP contribution in [-0.4, -0.2) is 33.9 Å². The highest BCUT2D eigenvalue weighted by molar-refractivity contribution is 7.85. The molecule has 0 saturated heterocycles. The molecular weight excluding hydrogens is 420 g/mol. The molecule has 0 spiro atoms. The summed E-state index contributed by atoms with van der Waals surface area (Å²) in [7, 11) is -0.458. The molecule has 0 aliphatic rings. The highest BCUT2D eigenvalue weighted by Crippen LogP contribution is 2.26. The van der Waals surface area contributed by atoms with E-state index in [4.69, 9.17) is 11.6 Å². The van der Waals surface area contributed by atoms with E-state index < -0.39 is 22.7 Å². The predicted molar refractivity (Wildman–Crippen MR) is 110 cm³/mol. The molecule has 1 heterocycles. The molecule has 6 nitrogen and oxygen atoms in total. The zero-order chi connectivity index (χ0) is 20.1. The Kier molecular flexibility index (Phi) is 6.56. The molecule has 28 heavy (non-hydrogen) atoms. The quantitative estimate of drug-likeness (QED) is 0.593. The van der Waals surface area contributed by atoms with E-state index in [-0.39, 0.29) is 16.2 Å². The Balaban J connectivity index is 1.67. The summed E-state index contributed by atoms with van der Waals surface area (Å²) in [5.74, 6) is -1.36. The van der Waals surface area contributed by atoms with Gasteiger partial charge in [0.15, 0.2) is 5.13 Å². The van der Waals surface area contributed by atoms with Crippen LogP contribution in [0.2, 0.25) is 5.02 Å². The number of halogens is 1. The number of ether oxygens (including phenoxy) is 1. The Bertz CT molecular complexity index is 1030. The van der Waals surface area contributed by atoms with E-state index in [1.807, 2.05) is 17.5 Å². The van der Waals surface area contributed by atoms with E-state index in [1.54, 1.807) is 24.3 Å². The van der Waals surface area contributed by atoms with Gasteiger partial charge < -0.3 is 10.1 Å². The van der Waals surface area contributed by atoms with Gasteiger partial charge in [0.25, 0.3) is 0 Å². The topological polar surface area (TPSA) is 85.4 Å². The molecule has 3 rings (SSSR count). The summed E-state index contributed by atoms with van der Waals surface area (Å²) >= 11 is 7.14.